The van der Waals surface area contributed by atoms with E-state index in [2.05, 4.69) is 10.3 Å². The monoisotopic (exact) mass is 359 g/mol. The first-order valence-corrected chi connectivity index (χ1v) is 8.85. The number of benzene rings is 1. The summed E-state index contributed by atoms with van der Waals surface area (Å²) in [5, 5.41) is 3.67. The molecule has 1 aromatic carbocycles. The first kappa shape index (κ1) is 18.1. The lowest BCUT2D eigenvalue weighted by molar-refractivity contribution is -0.131. The van der Waals surface area contributed by atoms with E-state index in [1.54, 1.807) is 23.1 Å². The quantitative estimate of drug-likeness (QED) is 0.876. The highest BCUT2D eigenvalue weighted by Gasteiger charge is 2.22. The van der Waals surface area contributed by atoms with Crippen molar-refractivity contribution in [3.05, 3.63) is 46.2 Å². The van der Waals surface area contributed by atoms with E-state index in [1.165, 1.54) is 6.07 Å². The molecule has 2 N–H and O–H groups in total. The summed E-state index contributed by atoms with van der Waals surface area (Å²) in [6.45, 7) is 0.435. The summed E-state index contributed by atoms with van der Waals surface area (Å²) in [4.78, 5) is 40.8. The van der Waals surface area contributed by atoms with Crippen molar-refractivity contribution in [1.82, 2.24) is 15.2 Å². The molecule has 2 amide bonds. The lowest BCUT2D eigenvalue weighted by Crippen LogP contribution is -2.37. The van der Waals surface area contributed by atoms with Gasteiger partial charge in [0.25, 0.3) is 5.91 Å². The summed E-state index contributed by atoms with van der Waals surface area (Å²) >= 11 is 0. The molecule has 0 spiro atoms. The van der Waals surface area contributed by atoms with Crippen LogP contribution in [-0.2, 0) is 4.79 Å². The third kappa shape index (κ3) is 4.09. The molecular weight excluding hydrogens is 337 g/mol. The van der Waals surface area contributed by atoms with Crippen molar-refractivity contribution in [2.24, 2.45) is 0 Å². The van der Waals surface area contributed by atoms with E-state index in [0.717, 1.165) is 12.8 Å². The van der Waals surface area contributed by atoms with Crippen LogP contribution in [0, 0.1) is 0 Å². The fourth-order valence-electron chi connectivity index (χ4n) is 3.38. The van der Waals surface area contributed by atoms with Gasteiger partial charge in [-0.2, -0.15) is 0 Å². The molecule has 1 aliphatic rings. The van der Waals surface area contributed by atoms with Crippen LogP contribution in [0.1, 0.15) is 36.0 Å². The SMILES string of the molecule is O=C(NC1CCCN(C(=O)CCF)CC1)c1cc(=O)[nH]c2ccccc12. The summed E-state index contributed by atoms with van der Waals surface area (Å²) in [7, 11) is 0. The van der Waals surface area contributed by atoms with Gasteiger partial charge < -0.3 is 15.2 Å². The number of carbonyl (C=O) groups is 2. The van der Waals surface area contributed by atoms with Gasteiger partial charge in [0, 0.05) is 36.1 Å². The van der Waals surface area contributed by atoms with Crippen molar-refractivity contribution in [1.29, 1.82) is 0 Å². The maximum absolute atomic E-state index is 12.7. The standard InChI is InChI=1S/C19H22FN3O3/c20-9-7-18(25)23-10-3-4-13(8-11-23)21-19(26)15-12-17(24)22-16-6-2-1-5-14(15)16/h1-2,5-6,12-13H,3-4,7-11H2,(H,21,26)(H,22,24). The number of fused-ring (bicyclic) bond motifs is 1. The molecule has 2 aromatic rings. The number of nitrogens with one attached hydrogen (secondary N) is 2. The predicted molar refractivity (Wildman–Crippen MR) is 96.8 cm³/mol. The molecule has 7 heteroatoms. The molecule has 0 bridgehead atoms. The Morgan fingerprint density at radius 3 is 2.85 bits per heavy atom. The van der Waals surface area contributed by atoms with Crippen molar-refractivity contribution in [3.8, 4) is 0 Å². The average Bonchev–Trinajstić information content (AvgIpc) is 2.86. The van der Waals surface area contributed by atoms with Gasteiger partial charge in [0.2, 0.25) is 11.5 Å². The minimum Gasteiger partial charge on any atom is -0.349 e. The summed E-state index contributed by atoms with van der Waals surface area (Å²) in [5.41, 5.74) is 0.644. The normalized spacial score (nSPS) is 17.7. The molecule has 2 heterocycles. The second kappa shape index (κ2) is 8.12. The number of halogens is 1. The average molecular weight is 359 g/mol. The number of aromatic nitrogens is 1. The third-order valence-electron chi connectivity index (χ3n) is 4.72. The van der Waals surface area contributed by atoms with Crippen molar-refractivity contribution in [2.45, 2.75) is 31.7 Å². The molecule has 0 aliphatic carbocycles. The molecule has 138 valence electrons. The number of amides is 2. The Morgan fingerprint density at radius 1 is 1.23 bits per heavy atom. The van der Waals surface area contributed by atoms with Crippen molar-refractivity contribution < 1.29 is 14.0 Å². The molecule has 0 saturated carbocycles. The van der Waals surface area contributed by atoms with Crippen molar-refractivity contribution >= 4 is 22.7 Å². The van der Waals surface area contributed by atoms with E-state index in [9.17, 15) is 18.8 Å². The van der Waals surface area contributed by atoms with Gasteiger partial charge in [0.05, 0.1) is 18.7 Å². The minimum atomic E-state index is -0.648. The smallest absolute Gasteiger partial charge is 0.252 e. The summed E-state index contributed by atoms with van der Waals surface area (Å²) in [6, 6.07) is 8.40. The van der Waals surface area contributed by atoms with Crippen LogP contribution in [0.15, 0.2) is 35.1 Å². The number of H-pyrrole nitrogens is 1. The molecule has 26 heavy (non-hydrogen) atoms. The number of aromatic amines is 1. The van der Waals surface area contributed by atoms with Gasteiger partial charge in [-0.05, 0) is 25.3 Å². The van der Waals surface area contributed by atoms with E-state index in [1.807, 2.05) is 6.07 Å². The number of likely N-dealkylation sites (tertiary alicyclic amines) is 1. The number of carbonyl (C=O) groups excluding carboxylic acids is 2. The zero-order valence-electron chi connectivity index (χ0n) is 14.5. The molecule has 1 saturated heterocycles. The second-order valence-corrected chi connectivity index (χ2v) is 6.51. The Morgan fingerprint density at radius 2 is 2.04 bits per heavy atom. The summed E-state index contributed by atoms with van der Waals surface area (Å²) in [6.07, 6.45) is 2.02. The molecule has 6 nitrogen and oxygen atoms in total. The fraction of sp³-hybridized carbons (Fsp3) is 0.421. The Bertz CT molecular complexity index is 864. The summed E-state index contributed by atoms with van der Waals surface area (Å²) < 4.78 is 12.4. The Labute approximate surface area is 150 Å². The Hall–Kier alpha value is -2.70. The number of para-hydroxylation sites is 1. The number of rotatable bonds is 4. The molecule has 1 aromatic heterocycles. The maximum Gasteiger partial charge on any atom is 0.252 e. The van der Waals surface area contributed by atoms with Crippen LogP contribution in [0.2, 0.25) is 0 Å². The van der Waals surface area contributed by atoms with Gasteiger partial charge in [-0.15, -0.1) is 0 Å². The lowest BCUT2D eigenvalue weighted by atomic mass is 10.1. The minimum absolute atomic E-state index is 0.0799. The largest absolute Gasteiger partial charge is 0.349 e. The molecule has 1 fully saturated rings. The fourth-order valence-corrected chi connectivity index (χ4v) is 3.38. The zero-order chi connectivity index (χ0) is 18.5. The van der Waals surface area contributed by atoms with Crippen LogP contribution in [0.5, 0.6) is 0 Å². The molecule has 1 atom stereocenters. The van der Waals surface area contributed by atoms with E-state index < -0.39 is 6.67 Å². The Kier molecular flexibility index (Phi) is 5.65. The van der Waals surface area contributed by atoms with Gasteiger partial charge >= 0.3 is 0 Å². The van der Waals surface area contributed by atoms with Crippen molar-refractivity contribution in [2.75, 3.05) is 19.8 Å². The van der Waals surface area contributed by atoms with Crippen LogP contribution in [-0.4, -0.2) is 47.5 Å². The zero-order valence-corrected chi connectivity index (χ0v) is 14.5. The number of hydrogen-bond donors (Lipinski definition) is 2. The number of alkyl halides is 1. The van der Waals surface area contributed by atoms with E-state index in [0.29, 0.717) is 36.0 Å². The van der Waals surface area contributed by atoms with Gasteiger partial charge in [-0.1, -0.05) is 18.2 Å². The van der Waals surface area contributed by atoms with Crippen LogP contribution in [0.4, 0.5) is 4.39 Å². The van der Waals surface area contributed by atoms with Crippen molar-refractivity contribution in [3.63, 3.8) is 0 Å². The number of hydrogen-bond acceptors (Lipinski definition) is 3. The highest BCUT2D eigenvalue weighted by molar-refractivity contribution is 6.06. The van der Waals surface area contributed by atoms with Crippen LogP contribution >= 0.6 is 0 Å². The topological polar surface area (TPSA) is 82.3 Å². The first-order chi connectivity index (χ1) is 12.6. The van der Waals surface area contributed by atoms with Crippen LogP contribution < -0.4 is 10.9 Å². The van der Waals surface area contributed by atoms with E-state index >= 15 is 0 Å². The lowest BCUT2D eigenvalue weighted by Gasteiger charge is -2.20. The number of pyridine rings is 1. The highest BCUT2D eigenvalue weighted by Crippen LogP contribution is 2.17. The predicted octanol–water partition coefficient (Wildman–Crippen LogP) is 2.00. The number of nitrogens with zero attached hydrogens (tertiary/aromatic N) is 1. The molecule has 1 aliphatic heterocycles. The highest BCUT2D eigenvalue weighted by atomic mass is 19.1. The molecule has 1 unspecified atom stereocenters. The van der Waals surface area contributed by atoms with Gasteiger partial charge in [0.15, 0.2) is 0 Å². The molecule has 0 radical (unpaired) electrons. The van der Waals surface area contributed by atoms with Crippen LogP contribution in [0.25, 0.3) is 10.9 Å². The van der Waals surface area contributed by atoms with E-state index in [4.69, 9.17) is 0 Å². The maximum atomic E-state index is 12.7. The second-order valence-electron chi connectivity index (χ2n) is 6.51. The van der Waals surface area contributed by atoms with E-state index in [-0.39, 0.29) is 29.8 Å². The Balaban J connectivity index is 1.71. The first-order valence-electron chi connectivity index (χ1n) is 8.85. The molecular formula is C19H22FN3O3. The van der Waals surface area contributed by atoms with Gasteiger partial charge in [0.1, 0.15) is 0 Å². The molecule has 3 rings (SSSR count). The van der Waals surface area contributed by atoms with Gasteiger partial charge in [-0.25, -0.2) is 0 Å². The van der Waals surface area contributed by atoms with Crippen LogP contribution in [0.3, 0.4) is 0 Å². The third-order valence-corrected chi connectivity index (χ3v) is 4.72. The van der Waals surface area contributed by atoms with Gasteiger partial charge in [-0.3, -0.25) is 18.8 Å². The summed E-state index contributed by atoms with van der Waals surface area (Å²) in [5.74, 6) is -0.471.